The van der Waals surface area contributed by atoms with Gasteiger partial charge in [0, 0.05) is 16.9 Å². The van der Waals surface area contributed by atoms with Crippen molar-refractivity contribution in [2.45, 2.75) is 20.3 Å². The van der Waals surface area contributed by atoms with Crippen molar-refractivity contribution in [3.8, 4) is 0 Å². The van der Waals surface area contributed by atoms with Gasteiger partial charge in [0.2, 0.25) is 5.91 Å². The number of benzene rings is 1. The highest BCUT2D eigenvalue weighted by molar-refractivity contribution is 5.94. The molecule has 2 N–H and O–H groups in total. The summed E-state index contributed by atoms with van der Waals surface area (Å²) in [6.45, 7) is 3.37. The molecular weight excluding hydrogens is 298 g/mol. The number of H-pyrrole nitrogens is 1. The van der Waals surface area contributed by atoms with Crippen molar-refractivity contribution in [2.24, 2.45) is 0 Å². The van der Waals surface area contributed by atoms with Gasteiger partial charge in [-0.15, -0.1) is 0 Å². The van der Waals surface area contributed by atoms with Crippen LogP contribution in [-0.2, 0) is 16.0 Å². The average molecular weight is 315 g/mol. The number of nitrogens with zero attached hydrogens (tertiary/aromatic N) is 1. The number of aromatic amines is 1. The molecule has 0 saturated carbocycles. The van der Waals surface area contributed by atoms with Crippen molar-refractivity contribution < 1.29 is 14.3 Å². The van der Waals surface area contributed by atoms with Gasteiger partial charge in [0.15, 0.2) is 0 Å². The fourth-order valence-electron chi connectivity index (χ4n) is 2.13. The third kappa shape index (κ3) is 4.03. The number of hydrogen-bond donors (Lipinski definition) is 2. The number of esters is 1. The molecule has 1 aromatic carbocycles. The molecule has 0 unspecified atom stereocenters. The molecule has 0 aliphatic heterocycles. The predicted octanol–water partition coefficient (Wildman–Crippen LogP) is 1.35. The minimum atomic E-state index is -0.448. The van der Waals surface area contributed by atoms with Crippen molar-refractivity contribution in [2.75, 3.05) is 12.4 Å². The number of ether oxygens (including phenoxy) is 1. The summed E-state index contributed by atoms with van der Waals surface area (Å²) in [5, 5.41) is 2.67. The van der Waals surface area contributed by atoms with E-state index < -0.39 is 5.97 Å². The Bertz CT molecular complexity index is 794. The zero-order valence-corrected chi connectivity index (χ0v) is 13.1. The Labute approximate surface area is 132 Å². The van der Waals surface area contributed by atoms with E-state index >= 15 is 0 Å². The Balaban J connectivity index is 2.08. The van der Waals surface area contributed by atoms with Crippen LogP contribution in [0.4, 0.5) is 5.69 Å². The van der Waals surface area contributed by atoms with Gasteiger partial charge in [-0.1, -0.05) is 0 Å². The number of carbonyl (C=O) groups is 2. The molecule has 0 fully saturated rings. The number of methoxy groups -OCH3 is 1. The van der Waals surface area contributed by atoms with E-state index in [0.717, 1.165) is 0 Å². The molecule has 0 spiro atoms. The first kappa shape index (κ1) is 16.4. The summed E-state index contributed by atoms with van der Waals surface area (Å²) >= 11 is 0. The van der Waals surface area contributed by atoms with Crippen LogP contribution >= 0.6 is 0 Å². The molecule has 2 rings (SSSR count). The van der Waals surface area contributed by atoms with E-state index in [0.29, 0.717) is 28.3 Å². The third-order valence-electron chi connectivity index (χ3n) is 3.27. The lowest BCUT2D eigenvalue weighted by molar-refractivity contribution is -0.115. The summed E-state index contributed by atoms with van der Waals surface area (Å²) in [6, 6.07) is 6.28. The van der Waals surface area contributed by atoms with Crippen molar-refractivity contribution in [1.82, 2.24) is 9.97 Å². The lowest BCUT2D eigenvalue weighted by atomic mass is 10.1. The second-order valence-corrected chi connectivity index (χ2v) is 5.01. The second-order valence-electron chi connectivity index (χ2n) is 5.01. The molecular formula is C16H17N3O4. The van der Waals surface area contributed by atoms with Gasteiger partial charge in [-0.2, -0.15) is 0 Å². The van der Waals surface area contributed by atoms with Crippen LogP contribution in [0.5, 0.6) is 0 Å². The standard InChI is InChI=1S/C16H17N3O4/c1-9-13(15(21)18-10(2)17-9)8-14(20)19-12-6-4-11(5-7-12)16(22)23-3/h4-7H,8H2,1-3H3,(H,19,20)(H,17,18,21). The Morgan fingerprint density at radius 3 is 2.43 bits per heavy atom. The smallest absolute Gasteiger partial charge is 0.337 e. The van der Waals surface area contributed by atoms with Crippen LogP contribution < -0.4 is 10.9 Å². The summed E-state index contributed by atoms with van der Waals surface area (Å²) < 4.78 is 4.60. The summed E-state index contributed by atoms with van der Waals surface area (Å²) in [5.41, 5.74) is 1.46. The van der Waals surface area contributed by atoms with E-state index in [1.807, 2.05) is 0 Å². The zero-order valence-electron chi connectivity index (χ0n) is 13.1. The quantitative estimate of drug-likeness (QED) is 0.829. The predicted molar refractivity (Wildman–Crippen MR) is 84.4 cm³/mol. The van der Waals surface area contributed by atoms with Crippen molar-refractivity contribution in [3.05, 3.63) is 57.3 Å². The second kappa shape index (κ2) is 6.87. The first-order valence-corrected chi connectivity index (χ1v) is 6.95. The number of aromatic nitrogens is 2. The number of nitrogens with one attached hydrogen (secondary N) is 2. The van der Waals surface area contributed by atoms with Crippen LogP contribution in [0.2, 0.25) is 0 Å². The minimum Gasteiger partial charge on any atom is -0.465 e. The van der Waals surface area contributed by atoms with E-state index in [1.165, 1.54) is 7.11 Å². The average Bonchev–Trinajstić information content (AvgIpc) is 2.51. The van der Waals surface area contributed by atoms with Crippen molar-refractivity contribution in [3.63, 3.8) is 0 Å². The Morgan fingerprint density at radius 1 is 1.22 bits per heavy atom. The fourth-order valence-corrected chi connectivity index (χ4v) is 2.13. The van der Waals surface area contributed by atoms with E-state index in [2.05, 4.69) is 20.0 Å². The maximum atomic E-state index is 12.1. The minimum absolute atomic E-state index is 0.0762. The molecule has 1 aromatic heterocycles. The van der Waals surface area contributed by atoms with Crippen LogP contribution in [0, 0.1) is 13.8 Å². The molecule has 120 valence electrons. The lowest BCUT2D eigenvalue weighted by Crippen LogP contribution is -2.24. The molecule has 0 aliphatic carbocycles. The molecule has 1 heterocycles. The highest BCUT2D eigenvalue weighted by atomic mass is 16.5. The molecule has 7 nitrogen and oxygen atoms in total. The maximum absolute atomic E-state index is 12.1. The molecule has 0 aliphatic rings. The molecule has 0 atom stereocenters. The Hall–Kier alpha value is -2.96. The van der Waals surface area contributed by atoms with Gasteiger partial charge in [-0.05, 0) is 38.1 Å². The fraction of sp³-hybridized carbons (Fsp3) is 0.250. The molecule has 23 heavy (non-hydrogen) atoms. The molecule has 0 saturated heterocycles. The summed E-state index contributed by atoms with van der Waals surface area (Å²) in [7, 11) is 1.30. The third-order valence-corrected chi connectivity index (χ3v) is 3.27. The highest BCUT2D eigenvalue weighted by Crippen LogP contribution is 2.11. The first-order valence-electron chi connectivity index (χ1n) is 6.95. The van der Waals surface area contributed by atoms with Gasteiger partial charge >= 0.3 is 5.97 Å². The highest BCUT2D eigenvalue weighted by Gasteiger charge is 2.12. The van der Waals surface area contributed by atoms with Crippen molar-refractivity contribution >= 4 is 17.6 Å². The van der Waals surface area contributed by atoms with Gasteiger partial charge in [-0.3, -0.25) is 9.59 Å². The monoisotopic (exact) mass is 315 g/mol. The molecule has 0 bridgehead atoms. The molecule has 7 heteroatoms. The van der Waals surface area contributed by atoms with Crippen molar-refractivity contribution in [1.29, 1.82) is 0 Å². The summed E-state index contributed by atoms with van der Waals surface area (Å²) in [6.07, 6.45) is -0.0762. The van der Waals surface area contributed by atoms with Gasteiger partial charge in [0.25, 0.3) is 5.56 Å². The summed E-state index contributed by atoms with van der Waals surface area (Å²) in [5.74, 6) is -0.277. The van der Waals surface area contributed by atoms with E-state index in [1.54, 1.807) is 38.1 Å². The maximum Gasteiger partial charge on any atom is 0.337 e. The number of amides is 1. The molecule has 2 aromatic rings. The van der Waals surface area contributed by atoms with E-state index in [9.17, 15) is 14.4 Å². The number of rotatable bonds is 4. The molecule has 1 amide bonds. The number of anilines is 1. The number of aryl methyl sites for hydroxylation is 2. The van der Waals surface area contributed by atoms with Gasteiger partial charge in [-0.25, -0.2) is 9.78 Å². The van der Waals surface area contributed by atoms with Gasteiger partial charge < -0.3 is 15.0 Å². The van der Waals surface area contributed by atoms with Crippen LogP contribution in [-0.4, -0.2) is 29.0 Å². The SMILES string of the molecule is COC(=O)c1ccc(NC(=O)Cc2c(C)nc(C)[nH]c2=O)cc1. The van der Waals surface area contributed by atoms with Crippen LogP contribution in [0.25, 0.3) is 0 Å². The Morgan fingerprint density at radius 2 is 1.87 bits per heavy atom. The largest absolute Gasteiger partial charge is 0.465 e. The van der Waals surface area contributed by atoms with Gasteiger partial charge in [0.05, 0.1) is 19.1 Å². The van der Waals surface area contributed by atoms with Crippen LogP contribution in [0.15, 0.2) is 29.1 Å². The first-order chi connectivity index (χ1) is 10.9. The topological polar surface area (TPSA) is 101 Å². The lowest BCUT2D eigenvalue weighted by Gasteiger charge is -2.07. The van der Waals surface area contributed by atoms with E-state index in [-0.39, 0.29) is 17.9 Å². The van der Waals surface area contributed by atoms with Crippen LogP contribution in [0.1, 0.15) is 27.4 Å². The molecule has 0 radical (unpaired) electrons. The summed E-state index contributed by atoms with van der Waals surface area (Å²) in [4.78, 5) is 42.0. The van der Waals surface area contributed by atoms with Crippen LogP contribution in [0.3, 0.4) is 0 Å². The van der Waals surface area contributed by atoms with E-state index in [4.69, 9.17) is 0 Å². The Kier molecular flexibility index (Phi) is 4.90. The van der Waals surface area contributed by atoms with Gasteiger partial charge in [0.1, 0.15) is 5.82 Å². The zero-order chi connectivity index (χ0) is 17.0. The normalized spacial score (nSPS) is 10.2. The number of hydrogen-bond acceptors (Lipinski definition) is 5. The number of carbonyl (C=O) groups excluding carboxylic acids is 2.